The summed E-state index contributed by atoms with van der Waals surface area (Å²) in [4.78, 5) is -3.57. The molecule has 0 aromatic heterocycles. The summed E-state index contributed by atoms with van der Waals surface area (Å²) in [7, 11) is -28.0. The first-order valence-electron chi connectivity index (χ1n) is 14.9. The molecule has 0 bridgehead atoms. The van der Waals surface area contributed by atoms with E-state index >= 15 is 0 Å². The Bertz CT molecular complexity index is 3080. The van der Waals surface area contributed by atoms with Crippen molar-refractivity contribution in [3.8, 4) is 11.5 Å². The SMILES string of the molecule is C=CS(=O)(=O)c1ccc(OC)c(N=Nc2c(S(=O)(=O)O)cc3c(N=Nc4ccc(S(=O)(=O)CCOS(=O)(=O)O)cc4S(=O)(=O)O)c(NCS(=O)(=O)O)ccc3c2O)c1. The molecule has 0 unspecified atom stereocenters. The third kappa shape index (κ3) is 11.1. The van der Waals surface area contributed by atoms with Crippen molar-refractivity contribution >= 4 is 99.6 Å². The molecule has 0 amide bonds. The highest BCUT2D eigenvalue weighted by atomic mass is 32.3. The van der Waals surface area contributed by atoms with Gasteiger partial charge in [0.2, 0.25) is 0 Å². The van der Waals surface area contributed by atoms with Crippen LogP contribution in [0.2, 0.25) is 0 Å². The van der Waals surface area contributed by atoms with Gasteiger partial charge in [0.05, 0.1) is 34.9 Å². The van der Waals surface area contributed by atoms with E-state index in [4.69, 9.17) is 9.29 Å². The topological polar surface area (TPSA) is 386 Å². The highest BCUT2D eigenvalue weighted by Gasteiger charge is 2.26. The van der Waals surface area contributed by atoms with Crippen LogP contribution in [0.15, 0.2) is 107 Å². The maximum Gasteiger partial charge on any atom is 0.397 e. The van der Waals surface area contributed by atoms with E-state index in [1.54, 1.807) is 0 Å². The molecular formula is C28H27N5O19S6. The lowest BCUT2D eigenvalue weighted by atomic mass is 10.1. The fourth-order valence-corrected chi connectivity index (χ4v) is 8.64. The molecule has 0 spiro atoms. The van der Waals surface area contributed by atoms with Gasteiger partial charge in [-0.2, -0.15) is 33.7 Å². The molecule has 0 saturated carbocycles. The molecule has 4 aromatic carbocycles. The number of aromatic hydroxyl groups is 1. The number of fused-ring (bicyclic) bond motifs is 1. The van der Waals surface area contributed by atoms with Crippen LogP contribution in [0, 0.1) is 0 Å². The number of nitrogens with zero attached hydrogens (tertiary/aromatic N) is 4. The van der Waals surface area contributed by atoms with Crippen LogP contribution in [0.5, 0.6) is 11.5 Å². The van der Waals surface area contributed by atoms with E-state index in [1.165, 1.54) is 13.2 Å². The van der Waals surface area contributed by atoms with Crippen molar-refractivity contribution in [2.45, 2.75) is 19.6 Å². The fourth-order valence-electron chi connectivity index (χ4n) is 4.69. The Labute approximate surface area is 329 Å². The molecule has 0 saturated heterocycles. The van der Waals surface area contributed by atoms with Gasteiger partial charge in [0, 0.05) is 16.2 Å². The quantitative estimate of drug-likeness (QED) is 0.0650. The Hall–Kier alpha value is -5.02. The maximum atomic E-state index is 12.7. The summed E-state index contributed by atoms with van der Waals surface area (Å²) < 4.78 is 192. The molecule has 0 heterocycles. The summed E-state index contributed by atoms with van der Waals surface area (Å²) in [5.41, 5.74) is -3.13. The smallest absolute Gasteiger partial charge is 0.397 e. The molecule has 0 atom stereocenters. The van der Waals surface area contributed by atoms with Gasteiger partial charge in [0.25, 0.3) is 30.4 Å². The number of methoxy groups -OCH3 is 1. The van der Waals surface area contributed by atoms with Gasteiger partial charge < -0.3 is 15.2 Å². The van der Waals surface area contributed by atoms with E-state index in [1.807, 2.05) is 0 Å². The minimum Gasteiger partial charge on any atom is -0.505 e. The first-order chi connectivity index (χ1) is 26.6. The zero-order valence-electron chi connectivity index (χ0n) is 28.8. The number of rotatable bonds is 17. The highest BCUT2D eigenvalue weighted by molar-refractivity contribution is 7.94. The third-order valence-electron chi connectivity index (χ3n) is 7.29. The Morgan fingerprint density at radius 1 is 0.690 bits per heavy atom. The van der Waals surface area contributed by atoms with Crippen LogP contribution in [0.3, 0.4) is 0 Å². The Morgan fingerprint density at radius 2 is 1.29 bits per heavy atom. The molecule has 30 heteroatoms. The van der Waals surface area contributed by atoms with Crippen molar-refractivity contribution in [2.75, 3.05) is 30.7 Å². The average molecular weight is 930 g/mol. The number of anilines is 1. The Balaban J connectivity index is 1.98. The lowest BCUT2D eigenvalue weighted by molar-refractivity contribution is 0.284. The summed E-state index contributed by atoms with van der Waals surface area (Å²) >= 11 is 0. The largest absolute Gasteiger partial charge is 0.505 e. The molecule has 0 aliphatic heterocycles. The standard InChI is InChI=1S/C28H27N5O19S6/c1-3-53(35,36)16-5-9-23(51-2)22(12-16)31-33-27-25(57(45,46)47)14-19-18(28(27)34)6-8-21(29-15-55(39,40)41)26(19)32-30-20-7-4-17(13-24(20)56(42,43)44)54(37,38)11-10-52-58(48,49)50/h3-9,12-14,29,34H,1,10-11,15H2,2H3,(H,39,40,41)(H,42,43,44)(H,45,46,47)(H,48,49,50). The van der Waals surface area contributed by atoms with Gasteiger partial charge in [-0.05, 0) is 54.6 Å². The first-order valence-corrected chi connectivity index (χ1v) is 24.0. The highest BCUT2D eigenvalue weighted by Crippen LogP contribution is 2.47. The first kappa shape index (κ1) is 45.7. The van der Waals surface area contributed by atoms with Crippen molar-refractivity contribution in [3.63, 3.8) is 0 Å². The number of hydrogen-bond acceptors (Lipinski definition) is 20. The lowest BCUT2D eigenvalue weighted by Crippen LogP contribution is -2.16. The summed E-state index contributed by atoms with van der Waals surface area (Å²) in [6, 6.07) is 7.79. The average Bonchev–Trinajstić information content (AvgIpc) is 3.10. The molecule has 4 rings (SSSR count). The number of hydrogen-bond donors (Lipinski definition) is 6. The zero-order valence-corrected chi connectivity index (χ0v) is 33.7. The Morgan fingerprint density at radius 3 is 1.86 bits per heavy atom. The van der Waals surface area contributed by atoms with Crippen LogP contribution >= 0.6 is 0 Å². The minimum absolute atomic E-state index is 0.0845. The summed E-state index contributed by atoms with van der Waals surface area (Å²) in [6.45, 7) is 2.11. The predicted molar refractivity (Wildman–Crippen MR) is 200 cm³/mol. The summed E-state index contributed by atoms with van der Waals surface area (Å²) in [6.07, 6.45) is 0. The van der Waals surface area contributed by atoms with Crippen molar-refractivity contribution in [2.24, 2.45) is 20.5 Å². The molecule has 4 aromatic rings. The maximum absolute atomic E-state index is 12.7. The lowest BCUT2D eigenvalue weighted by Gasteiger charge is -2.14. The van der Waals surface area contributed by atoms with Crippen molar-refractivity contribution in [1.82, 2.24) is 0 Å². The molecule has 0 fully saturated rings. The monoisotopic (exact) mass is 929 g/mol. The van der Waals surface area contributed by atoms with Gasteiger partial charge >= 0.3 is 10.4 Å². The fraction of sp³-hybridized carbons (Fsp3) is 0.143. The minimum atomic E-state index is -5.40. The normalized spacial score (nSPS) is 13.3. The van der Waals surface area contributed by atoms with Gasteiger partial charge in [-0.15, -0.1) is 20.5 Å². The number of phenolic OH excluding ortho intramolecular Hbond substituents is 1. The van der Waals surface area contributed by atoms with Gasteiger partial charge in [0.15, 0.2) is 25.4 Å². The second-order valence-electron chi connectivity index (χ2n) is 11.1. The van der Waals surface area contributed by atoms with Crippen molar-refractivity contribution < 1.29 is 82.7 Å². The van der Waals surface area contributed by atoms with E-state index in [0.29, 0.717) is 23.6 Å². The van der Waals surface area contributed by atoms with E-state index in [9.17, 15) is 69.3 Å². The zero-order chi connectivity index (χ0) is 43.6. The van der Waals surface area contributed by atoms with E-state index in [-0.39, 0.29) is 21.7 Å². The molecule has 0 aliphatic rings. The number of benzene rings is 4. The van der Waals surface area contributed by atoms with Crippen LogP contribution in [0.1, 0.15) is 0 Å². The predicted octanol–water partition coefficient (Wildman–Crippen LogP) is 3.65. The molecule has 0 aliphatic carbocycles. The van der Waals surface area contributed by atoms with Crippen LogP contribution in [-0.4, -0.2) is 99.2 Å². The van der Waals surface area contributed by atoms with Gasteiger partial charge in [-0.3, -0.25) is 18.2 Å². The number of phenols is 1. The number of ether oxygens (including phenoxy) is 1. The second-order valence-corrected chi connectivity index (χ2v) is 20.5. The van der Waals surface area contributed by atoms with Crippen LogP contribution in [-0.2, 0) is 64.6 Å². The van der Waals surface area contributed by atoms with Gasteiger partial charge in [0.1, 0.15) is 44.2 Å². The Kier molecular flexibility index (Phi) is 13.1. The molecule has 314 valence electrons. The number of sulfone groups is 2. The number of azo groups is 2. The molecule has 0 radical (unpaired) electrons. The summed E-state index contributed by atoms with van der Waals surface area (Å²) in [5.74, 6) is -3.47. The molecular weight excluding hydrogens is 903 g/mol. The van der Waals surface area contributed by atoms with E-state index in [2.05, 4.69) is 36.5 Å². The third-order valence-corrected chi connectivity index (χ3v) is 13.0. The molecule has 24 nitrogen and oxygen atoms in total. The van der Waals surface area contributed by atoms with Crippen molar-refractivity contribution in [1.29, 1.82) is 0 Å². The van der Waals surface area contributed by atoms with Crippen LogP contribution in [0.25, 0.3) is 10.8 Å². The van der Waals surface area contributed by atoms with Crippen LogP contribution in [0.4, 0.5) is 28.4 Å². The summed E-state index contributed by atoms with van der Waals surface area (Å²) in [5, 5.41) is 28.3. The van der Waals surface area contributed by atoms with E-state index < -0.39 is 127 Å². The van der Waals surface area contributed by atoms with Crippen molar-refractivity contribution in [3.05, 3.63) is 66.6 Å². The second kappa shape index (κ2) is 16.7. The van der Waals surface area contributed by atoms with Gasteiger partial charge in [-0.1, -0.05) is 6.58 Å². The molecule has 6 N–H and O–H groups in total. The molecule has 58 heavy (non-hydrogen) atoms. The number of nitrogens with one attached hydrogen (secondary N) is 1. The van der Waals surface area contributed by atoms with E-state index in [0.717, 1.165) is 30.3 Å². The van der Waals surface area contributed by atoms with Crippen LogP contribution < -0.4 is 10.1 Å². The van der Waals surface area contributed by atoms with Gasteiger partial charge in [-0.25, -0.2) is 21.0 Å².